The molecule has 0 atom stereocenters. The van der Waals surface area contributed by atoms with Gasteiger partial charge in [-0.2, -0.15) is 0 Å². The summed E-state index contributed by atoms with van der Waals surface area (Å²) in [7, 11) is 0. The van der Waals surface area contributed by atoms with Gasteiger partial charge in [-0.1, -0.05) is 12.0 Å². The van der Waals surface area contributed by atoms with Gasteiger partial charge in [0.2, 0.25) is 5.91 Å². The third-order valence-electron chi connectivity index (χ3n) is 1.73. The normalized spacial score (nSPS) is 17.0. The van der Waals surface area contributed by atoms with Crippen molar-refractivity contribution >= 4 is 5.91 Å². The van der Waals surface area contributed by atoms with Crippen molar-refractivity contribution in [3.8, 4) is 0 Å². The van der Waals surface area contributed by atoms with E-state index in [1.165, 1.54) is 0 Å². The minimum absolute atomic E-state index is 0.00972. The topological polar surface area (TPSA) is 69.1 Å². The molecule has 5 nitrogen and oxygen atoms in total. The summed E-state index contributed by atoms with van der Waals surface area (Å²) in [5.41, 5.74) is 8.04. The Morgan fingerprint density at radius 1 is 1.82 bits per heavy atom. The largest absolute Gasteiger partial charge is 0.342 e. The molecule has 0 N–H and O–H groups in total. The van der Waals surface area contributed by atoms with E-state index in [0.717, 1.165) is 0 Å². The van der Waals surface area contributed by atoms with Crippen LogP contribution in [0.3, 0.4) is 0 Å². The van der Waals surface area contributed by atoms with E-state index in [4.69, 9.17) is 5.53 Å². The van der Waals surface area contributed by atoms with Gasteiger partial charge in [0.15, 0.2) is 0 Å². The molecule has 1 fully saturated rings. The molecule has 0 aromatic carbocycles. The minimum atomic E-state index is 0.00972. The van der Waals surface area contributed by atoms with Gasteiger partial charge >= 0.3 is 0 Å². The van der Waals surface area contributed by atoms with Gasteiger partial charge in [-0.15, -0.1) is 0 Å². The summed E-state index contributed by atoms with van der Waals surface area (Å²) >= 11 is 0. The monoisotopic (exact) mass is 154 g/mol. The molecule has 0 saturated carbocycles. The Morgan fingerprint density at radius 3 is 2.91 bits per heavy atom. The van der Waals surface area contributed by atoms with E-state index in [1.54, 1.807) is 4.90 Å². The van der Waals surface area contributed by atoms with Crippen LogP contribution in [0, 0.1) is 0 Å². The van der Waals surface area contributed by atoms with Crippen molar-refractivity contribution in [1.82, 2.24) is 4.90 Å². The fourth-order valence-electron chi connectivity index (χ4n) is 1.03. The summed E-state index contributed by atoms with van der Waals surface area (Å²) < 4.78 is 0. The molecule has 11 heavy (non-hydrogen) atoms. The first-order valence-electron chi connectivity index (χ1n) is 3.60. The van der Waals surface area contributed by atoms with Gasteiger partial charge in [0.1, 0.15) is 0 Å². The lowest BCUT2D eigenvalue weighted by Crippen LogP contribution is -2.52. The van der Waals surface area contributed by atoms with Gasteiger partial charge in [-0.25, -0.2) is 0 Å². The standard InChI is InChI=1S/C6H10N4O/c1-2-6(11)10-3-5(4-10)8-9-7/h5H,2-4H2,1H3. The average Bonchev–Trinajstić information content (AvgIpc) is 1.94. The molecule has 0 aromatic heterocycles. The predicted molar refractivity (Wildman–Crippen MR) is 39.8 cm³/mol. The van der Waals surface area contributed by atoms with E-state index < -0.39 is 0 Å². The molecular formula is C6H10N4O. The molecule has 1 heterocycles. The van der Waals surface area contributed by atoms with E-state index in [-0.39, 0.29) is 11.9 Å². The van der Waals surface area contributed by atoms with Crippen molar-refractivity contribution in [2.45, 2.75) is 19.4 Å². The molecule has 1 aliphatic heterocycles. The zero-order valence-electron chi connectivity index (χ0n) is 6.40. The lowest BCUT2D eigenvalue weighted by atomic mass is 10.1. The Balaban J connectivity index is 2.29. The van der Waals surface area contributed by atoms with Crippen LogP contribution in [-0.2, 0) is 4.79 Å². The number of rotatable bonds is 2. The Labute approximate surface area is 64.6 Å². The van der Waals surface area contributed by atoms with E-state index in [9.17, 15) is 4.79 Å². The maximum Gasteiger partial charge on any atom is 0.222 e. The Hall–Kier alpha value is -1.22. The molecular weight excluding hydrogens is 144 g/mol. The smallest absolute Gasteiger partial charge is 0.222 e. The van der Waals surface area contributed by atoms with E-state index in [0.29, 0.717) is 19.5 Å². The summed E-state index contributed by atoms with van der Waals surface area (Å²) in [5.74, 6) is 0.134. The molecule has 0 aromatic rings. The third-order valence-corrected chi connectivity index (χ3v) is 1.73. The maximum atomic E-state index is 10.9. The van der Waals surface area contributed by atoms with Crippen LogP contribution >= 0.6 is 0 Å². The number of likely N-dealkylation sites (tertiary alicyclic amines) is 1. The lowest BCUT2D eigenvalue weighted by molar-refractivity contribution is -0.135. The molecule has 1 aliphatic rings. The molecule has 1 saturated heterocycles. The summed E-state index contributed by atoms with van der Waals surface area (Å²) in [6, 6.07) is 0.00972. The number of hydrogen-bond donors (Lipinski definition) is 0. The number of nitrogens with zero attached hydrogens (tertiary/aromatic N) is 4. The van der Waals surface area contributed by atoms with Crippen molar-refractivity contribution in [2.24, 2.45) is 5.11 Å². The number of carbonyl (C=O) groups is 1. The van der Waals surface area contributed by atoms with Crippen molar-refractivity contribution in [1.29, 1.82) is 0 Å². The van der Waals surface area contributed by atoms with Gasteiger partial charge in [0.05, 0.1) is 6.04 Å². The Bertz CT molecular complexity index is 203. The molecule has 5 heteroatoms. The van der Waals surface area contributed by atoms with E-state index in [2.05, 4.69) is 10.0 Å². The second-order valence-corrected chi connectivity index (χ2v) is 2.51. The van der Waals surface area contributed by atoms with Crippen molar-refractivity contribution in [3.63, 3.8) is 0 Å². The minimum Gasteiger partial charge on any atom is -0.342 e. The van der Waals surface area contributed by atoms with Crippen molar-refractivity contribution in [2.75, 3.05) is 13.1 Å². The zero-order valence-corrected chi connectivity index (χ0v) is 6.40. The van der Waals surface area contributed by atoms with Gasteiger partial charge in [-0.05, 0) is 5.53 Å². The summed E-state index contributed by atoms with van der Waals surface area (Å²) in [4.78, 5) is 15.3. The average molecular weight is 154 g/mol. The van der Waals surface area contributed by atoms with Crippen LogP contribution in [0.2, 0.25) is 0 Å². The van der Waals surface area contributed by atoms with Gasteiger partial charge < -0.3 is 4.90 Å². The second kappa shape index (κ2) is 3.25. The van der Waals surface area contributed by atoms with Crippen LogP contribution in [0.25, 0.3) is 10.4 Å². The first-order valence-corrected chi connectivity index (χ1v) is 3.60. The summed E-state index contributed by atoms with van der Waals surface area (Å²) in [6.07, 6.45) is 0.531. The van der Waals surface area contributed by atoms with Crippen LogP contribution < -0.4 is 0 Å². The highest BCUT2D eigenvalue weighted by Gasteiger charge is 2.28. The number of hydrogen-bond acceptors (Lipinski definition) is 2. The molecule has 1 rings (SSSR count). The highest BCUT2D eigenvalue weighted by atomic mass is 16.2. The van der Waals surface area contributed by atoms with Crippen LogP contribution in [0.5, 0.6) is 0 Å². The fraction of sp³-hybridized carbons (Fsp3) is 0.833. The van der Waals surface area contributed by atoms with Gasteiger partial charge in [-0.3, -0.25) is 4.79 Å². The van der Waals surface area contributed by atoms with E-state index >= 15 is 0 Å². The van der Waals surface area contributed by atoms with E-state index in [1.807, 2.05) is 6.92 Å². The first-order chi connectivity index (χ1) is 5.27. The van der Waals surface area contributed by atoms with Gasteiger partial charge in [0, 0.05) is 24.4 Å². The number of carbonyl (C=O) groups excluding carboxylic acids is 1. The summed E-state index contributed by atoms with van der Waals surface area (Å²) in [6.45, 7) is 3.01. The molecule has 60 valence electrons. The Morgan fingerprint density at radius 2 is 2.45 bits per heavy atom. The SMILES string of the molecule is CCC(=O)N1CC(N=[N+]=[N-])C1. The van der Waals surface area contributed by atoms with Gasteiger partial charge in [0.25, 0.3) is 0 Å². The molecule has 0 spiro atoms. The number of azide groups is 1. The zero-order chi connectivity index (χ0) is 8.27. The second-order valence-electron chi connectivity index (χ2n) is 2.51. The maximum absolute atomic E-state index is 10.9. The number of amides is 1. The highest BCUT2D eigenvalue weighted by Crippen LogP contribution is 2.12. The van der Waals surface area contributed by atoms with Crippen molar-refractivity contribution < 1.29 is 4.79 Å². The summed E-state index contributed by atoms with van der Waals surface area (Å²) in [5, 5.41) is 3.48. The molecule has 0 bridgehead atoms. The van der Waals surface area contributed by atoms with Crippen LogP contribution in [-0.4, -0.2) is 29.9 Å². The first kappa shape index (κ1) is 7.88. The lowest BCUT2D eigenvalue weighted by Gasteiger charge is -2.36. The highest BCUT2D eigenvalue weighted by molar-refractivity contribution is 5.76. The van der Waals surface area contributed by atoms with Crippen molar-refractivity contribution in [3.05, 3.63) is 10.4 Å². The molecule has 1 amide bonds. The van der Waals surface area contributed by atoms with Crippen LogP contribution in [0.4, 0.5) is 0 Å². The molecule has 0 radical (unpaired) electrons. The Kier molecular flexibility index (Phi) is 2.33. The third kappa shape index (κ3) is 1.62. The fourth-order valence-corrected chi connectivity index (χ4v) is 1.03. The molecule has 0 aliphatic carbocycles. The predicted octanol–water partition coefficient (Wildman–Crippen LogP) is 0.918. The van der Waals surface area contributed by atoms with Crippen LogP contribution in [0.15, 0.2) is 5.11 Å². The van der Waals surface area contributed by atoms with Crippen LogP contribution in [0.1, 0.15) is 13.3 Å². The molecule has 0 unspecified atom stereocenters. The quantitative estimate of drug-likeness (QED) is 0.331.